The summed E-state index contributed by atoms with van der Waals surface area (Å²) in [6.45, 7) is 1.26. The van der Waals surface area contributed by atoms with Gasteiger partial charge >= 0.3 is 5.97 Å². The Bertz CT molecular complexity index is 381. The predicted octanol–water partition coefficient (Wildman–Crippen LogP) is 0.0155. The molecule has 1 heterocycles. The minimum absolute atomic E-state index is 0.0824. The molecular formula is C12H21N3O6. The molecule has 0 radical (unpaired) electrons. The van der Waals surface area contributed by atoms with Crippen molar-refractivity contribution >= 4 is 11.9 Å². The van der Waals surface area contributed by atoms with Crippen LogP contribution >= 0.6 is 0 Å². The summed E-state index contributed by atoms with van der Waals surface area (Å²) in [5, 5.41) is 17.9. The number of carbonyl (C=O) groups excluding carboxylic acids is 1. The monoisotopic (exact) mass is 303 g/mol. The van der Waals surface area contributed by atoms with Crippen molar-refractivity contribution in [1.82, 2.24) is 4.90 Å². The summed E-state index contributed by atoms with van der Waals surface area (Å²) < 4.78 is 0. The van der Waals surface area contributed by atoms with E-state index in [0.29, 0.717) is 25.4 Å². The van der Waals surface area contributed by atoms with Crippen LogP contribution in [0.3, 0.4) is 0 Å². The van der Waals surface area contributed by atoms with E-state index in [1.165, 1.54) is 0 Å². The summed E-state index contributed by atoms with van der Waals surface area (Å²) >= 11 is 0. The van der Waals surface area contributed by atoms with Crippen molar-refractivity contribution in [2.75, 3.05) is 19.7 Å². The molecule has 1 fully saturated rings. The smallest absolute Gasteiger partial charge is 0.320 e. The molecule has 0 aromatic carbocycles. The third kappa shape index (κ3) is 6.39. The lowest BCUT2D eigenvalue weighted by Gasteiger charge is -2.32. The molecule has 9 nitrogen and oxygen atoms in total. The van der Waals surface area contributed by atoms with Crippen LogP contribution in [0.4, 0.5) is 0 Å². The Morgan fingerprint density at radius 2 is 2.05 bits per heavy atom. The summed E-state index contributed by atoms with van der Waals surface area (Å²) in [5.41, 5.74) is 5.36. The number of aliphatic carboxylic acids is 1. The van der Waals surface area contributed by atoms with Gasteiger partial charge in [-0.1, -0.05) is 0 Å². The van der Waals surface area contributed by atoms with Gasteiger partial charge in [0, 0.05) is 19.5 Å². The fourth-order valence-electron chi connectivity index (χ4n) is 2.33. The fraction of sp³-hybridized carbons (Fsp3) is 0.833. The molecule has 3 N–H and O–H groups in total. The highest BCUT2D eigenvalue weighted by Gasteiger charge is 2.23. The molecule has 1 aliphatic rings. The SMILES string of the molecule is N[C@@H](CCC(=O)N1CCC(CCO[N+](=O)[O-])CC1)C(=O)O. The molecule has 21 heavy (non-hydrogen) atoms. The third-order valence-electron chi connectivity index (χ3n) is 3.68. The summed E-state index contributed by atoms with van der Waals surface area (Å²) in [5.74, 6) is -0.880. The maximum absolute atomic E-state index is 11.9. The van der Waals surface area contributed by atoms with Crippen molar-refractivity contribution in [3.05, 3.63) is 10.1 Å². The molecule has 0 saturated carbocycles. The standard InChI is InChI=1S/C12H21N3O6/c13-10(12(17)18)1-2-11(16)14-6-3-9(4-7-14)5-8-21-15(19)20/h9-10H,1-8,13H2,(H,17,18)/t10-/m0/s1. The lowest BCUT2D eigenvalue weighted by Crippen LogP contribution is -2.40. The third-order valence-corrected chi connectivity index (χ3v) is 3.68. The Labute approximate surface area is 122 Å². The van der Waals surface area contributed by atoms with E-state index >= 15 is 0 Å². The van der Waals surface area contributed by atoms with E-state index in [1.54, 1.807) is 4.90 Å². The maximum Gasteiger partial charge on any atom is 0.320 e. The van der Waals surface area contributed by atoms with Crippen molar-refractivity contribution in [3.63, 3.8) is 0 Å². The largest absolute Gasteiger partial charge is 0.480 e. The van der Waals surface area contributed by atoms with E-state index < -0.39 is 17.1 Å². The summed E-state index contributed by atoms with van der Waals surface area (Å²) in [6, 6.07) is -1.01. The van der Waals surface area contributed by atoms with E-state index in [2.05, 4.69) is 4.84 Å². The van der Waals surface area contributed by atoms with Gasteiger partial charge in [-0.3, -0.25) is 9.59 Å². The number of hydrogen-bond acceptors (Lipinski definition) is 6. The highest BCUT2D eigenvalue weighted by atomic mass is 16.9. The highest BCUT2D eigenvalue weighted by Crippen LogP contribution is 2.21. The molecule has 1 saturated heterocycles. The van der Waals surface area contributed by atoms with Gasteiger partial charge in [-0.2, -0.15) is 0 Å². The zero-order valence-corrected chi connectivity index (χ0v) is 11.8. The number of carbonyl (C=O) groups is 2. The van der Waals surface area contributed by atoms with Crippen LogP contribution in [0, 0.1) is 16.0 Å². The van der Waals surface area contributed by atoms with Gasteiger partial charge in [0.1, 0.15) is 6.04 Å². The Morgan fingerprint density at radius 1 is 1.43 bits per heavy atom. The number of likely N-dealkylation sites (tertiary alicyclic amines) is 1. The van der Waals surface area contributed by atoms with Crippen LogP contribution in [0.15, 0.2) is 0 Å². The van der Waals surface area contributed by atoms with Gasteiger partial charge in [0.15, 0.2) is 0 Å². The molecule has 0 aliphatic carbocycles. The number of carboxylic acid groups (broad SMARTS) is 1. The number of carboxylic acids is 1. The van der Waals surface area contributed by atoms with Crippen LogP contribution in [-0.2, 0) is 14.4 Å². The Hall–Kier alpha value is -1.90. The summed E-state index contributed by atoms with van der Waals surface area (Å²) in [4.78, 5) is 38.5. The van der Waals surface area contributed by atoms with Gasteiger partial charge in [-0.25, -0.2) is 0 Å². The van der Waals surface area contributed by atoms with Crippen LogP contribution in [0.25, 0.3) is 0 Å². The zero-order chi connectivity index (χ0) is 15.8. The van der Waals surface area contributed by atoms with Crippen molar-refractivity contribution in [1.29, 1.82) is 0 Å². The Balaban J connectivity index is 2.21. The van der Waals surface area contributed by atoms with E-state index in [0.717, 1.165) is 12.8 Å². The van der Waals surface area contributed by atoms with Crippen LogP contribution in [0.1, 0.15) is 32.1 Å². The predicted molar refractivity (Wildman–Crippen MR) is 71.7 cm³/mol. The number of hydrogen-bond donors (Lipinski definition) is 2. The zero-order valence-electron chi connectivity index (χ0n) is 11.8. The first-order valence-corrected chi connectivity index (χ1v) is 6.93. The second-order valence-electron chi connectivity index (χ2n) is 5.15. The van der Waals surface area contributed by atoms with Gasteiger partial charge in [0.05, 0.1) is 6.61 Å². The number of amides is 1. The fourth-order valence-corrected chi connectivity index (χ4v) is 2.33. The normalized spacial score (nSPS) is 17.3. The molecule has 0 unspecified atom stereocenters. The summed E-state index contributed by atoms with van der Waals surface area (Å²) in [6.07, 6.45) is 2.41. The van der Waals surface area contributed by atoms with Gasteiger partial charge < -0.3 is 20.6 Å². The molecule has 120 valence electrons. The summed E-state index contributed by atoms with van der Waals surface area (Å²) in [7, 11) is 0. The number of nitrogens with zero attached hydrogens (tertiary/aromatic N) is 2. The average Bonchev–Trinajstić information content (AvgIpc) is 2.44. The molecule has 9 heteroatoms. The van der Waals surface area contributed by atoms with Crippen LogP contribution < -0.4 is 5.73 Å². The molecule has 1 aliphatic heterocycles. The van der Waals surface area contributed by atoms with E-state index in [1.807, 2.05) is 0 Å². The molecule has 1 atom stereocenters. The first kappa shape index (κ1) is 17.2. The minimum atomic E-state index is -1.10. The molecule has 0 aromatic heterocycles. The van der Waals surface area contributed by atoms with E-state index in [9.17, 15) is 19.7 Å². The maximum atomic E-state index is 11.9. The lowest BCUT2D eigenvalue weighted by molar-refractivity contribution is -0.758. The van der Waals surface area contributed by atoms with Gasteiger partial charge in [0.2, 0.25) is 5.91 Å². The molecular weight excluding hydrogens is 282 g/mol. The topological polar surface area (TPSA) is 136 Å². The van der Waals surface area contributed by atoms with Gasteiger partial charge in [-0.05, 0) is 31.6 Å². The molecule has 1 rings (SSSR count). The Kier molecular flexibility index (Phi) is 6.86. The van der Waals surface area contributed by atoms with Crippen molar-refractivity contribution in [2.24, 2.45) is 11.7 Å². The number of nitrogens with two attached hydrogens (primary N) is 1. The molecule has 0 bridgehead atoms. The van der Waals surface area contributed by atoms with E-state index in [-0.39, 0.29) is 25.4 Å². The second kappa shape index (κ2) is 8.40. The number of rotatable bonds is 8. The van der Waals surface area contributed by atoms with Crippen molar-refractivity contribution in [2.45, 2.75) is 38.1 Å². The highest BCUT2D eigenvalue weighted by molar-refractivity contribution is 5.78. The van der Waals surface area contributed by atoms with Gasteiger partial charge in [0.25, 0.3) is 5.09 Å². The van der Waals surface area contributed by atoms with E-state index in [4.69, 9.17) is 10.8 Å². The average molecular weight is 303 g/mol. The molecule has 1 amide bonds. The van der Waals surface area contributed by atoms with Crippen LogP contribution in [0.5, 0.6) is 0 Å². The quantitative estimate of drug-likeness (QED) is 0.476. The van der Waals surface area contributed by atoms with Crippen LogP contribution in [-0.4, -0.2) is 52.7 Å². The van der Waals surface area contributed by atoms with Gasteiger partial charge in [-0.15, -0.1) is 10.1 Å². The Morgan fingerprint density at radius 3 is 2.57 bits per heavy atom. The first-order chi connectivity index (χ1) is 9.90. The van der Waals surface area contributed by atoms with Crippen molar-refractivity contribution < 1.29 is 24.6 Å². The minimum Gasteiger partial charge on any atom is -0.480 e. The van der Waals surface area contributed by atoms with Crippen molar-refractivity contribution in [3.8, 4) is 0 Å². The second-order valence-corrected chi connectivity index (χ2v) is 5.15. The first-order valence-electron chi connectivity index (χ1n) is 6.93. The van der Waals surface area contributed by atoms with Crippen LogP contribution in [0.2, 0.25) is 0 Å². The number of piperidine rings is 1. The molecule has 0 spiro atoms. The molecule has 0 aromatic rings. The lowest BCUT2D eigenvalue weighted by atomic mass is 9.93.